The zero-order chi connectivity index (χ0) is 25.0. The predicted molar refractivity (Wildman–Crippen MR) is 115 cm³/mol. The molecule has 33 heavy (non-hydrogen) atoms. The number of amides is 2. The number of esters is 1. The molecule has 0 fully saturated rings. The van der Waals surface area contributed by atoms with Gasteiger partial charge >= 0.3 is 18.1 Å². The van der Waals surface area contributed by atoms with Gasteiger partial charge in [0, 0.05) is 45.3 Å². The molecule has 1 aromatic rings. The Labute approximate surface area is 191 Å². The van der Waals surface area contributed by atoms with Gasteiger partial charge in [-0.2, -0.15) is 13.2 Å². The Bertz CT molecular complexity index is 789. The number of nitrogens with zero attached hydrogens (tertiary/aromatic N) is 3. The summed E-state index contributed by atoms with van der Waals surface area (Å²) in [6.45, 7) is 5.52. The average molecular weight is 476 g/mol. The van der Waals surface area contributed by atoms with Crippen LogP contribution in [-0.2, 0) is 20.9 Å². The Kier molecular flexibility index (Phi) is 11.8. The number of hydrogen-bond donors (Lipinski definition) is 2. The van der Waals surface area contributed by atoms with Crippen molar-refractivity contribution in [2.75, 3.05) is 46.8 Å². The minimum absolute atomic E-state index is 0.0247. The van der Waals surface area contributed by atoms with Crippen LogP contribution in [0.3, 0.4) is 0 Å². The first kappa shape index (κ1) is 28.3. The summed E-state index contributed by atoms with van der Waals surface area (Å²) in [5, 5.41) is 4.74. The Morgan fingerprint density at radius 3 is 2.52 bits per heavy atom. The number of likely N-dealkylation sites (N-methyl/N-ethyl adjacent to an activating group) is 2. The minimum atomic E-state index is -4.95. The summed E-state index contributed by atoms with van der Waals surface area (Å²) < 4.78 is 41.7. The molecule has 0 spiro atoms. The number of ether oxygens (including phenoxy) is 1. The van der Waals surface area contributed by atoms with E-state index in [0.29, 0.717) is 18.8 Å². The monoisotopic (exact) mass is 475 g/mol. The van der Waals surface area contributed by atoms with Crippen LogP contribution in [0.2, 0.25) is 0 Å². The number of rotatable bonds is 13. The standard InChI is InChI=1S/C21H32F3N5O4/c1-5-29(11-10-28(3)4)18(30)14-25-13-17-12-16(7-9-26-17)19(31)33-15(2)6-8-27-20(32)21(22,23)24/h7,9,12,15,25H,5-6,8,10-11,13-14H2,1-4H3,(H,27,32). The highest BCUT2D eigenvalue weighted by molar-refractivity contribution is 5.89. The molecule has 1 heterocycles. The lowest BCUT2D eigenvalue weighted by atomic mass is 10.2. The fraction of sp³-hybridized carbons (Fsp3) is 0.619. The van der Waals surface area contributed by atoms with Crippen molar-refractivity contribution in [3.05, 3.63) is 29.6 Å². The molecule has 1 aromatic heterocycles. The number of aromatic nitrogens is 1. The first-order chi connectivity index (χ1) is 15.4. The molecule has 1 rings (SSSR count). The molecule has 0 aromatic carbocycles. The van der Waals surface area contributed by atoms with Crippen molar-refractivity contribution in [2.45, 2.75) is 39.1 Å². The largest absolute Gasteiger partial charge is 0.471 e. The van der Waals surface area contributed by atoms with Crippen LogP contribution in [0.5, 0.6) is 0 Å². The summed E-state index contributed by atoms with van der Waals surface area (Å²) in [5.74, 6) is -2.74. The molecule has 0 aliphatic heterocycles. The average Bonchev–Trinajstić information content (AvgIpc) is 2.73. The number of nitrogens with one attached hydrogen (secondary N) is 2. The van der Waals surface area contributed by atoms with E-state index in [2.05, 4.69) is 10.3 Å². The fourth-order valence-corrected chi connectivity index (χ4v) is 2.69. The highest BCUT2D eigenvalue weighted by Gasteiger charge is 2.38. The highest BCUT2D eigenvalue weighted by Crippen LogP contribution is 2.14. The molecule has 2 amide bonds. The van der Waals surface area contributed by atoms with Crippen molar-refractivity contribution in [3.8, 4) is 0 Å². The highest BCUT2D eigenvalue weighted by atomic mass is 19.4. The normalized spacial score (nSPS) is 12.4. The Morgan fingerprint density at radius 2 is 1.91 bits per heavy atom. The third-order valence-corrected chi connectivity index (χ3v) is 4.59. The van der Waals surface area contributed by atoms with E-state index in [4.69, 9.17) is 4.74 Å². The molecule has 186 valence electrons. The first-order valence-electron chi connectivity index (χ1n) is 10.6. The second kappa shape index (κ2) is 13.7. The maximum absolute atomic E-state index is 12.3. The van der Waals surface area contributed by atoms with Crippen LogP contribution >= 0.6 is 0 Å². The van der Waals surface area contributed by atoms with Gasteiger partial charge in [0.15, 0.2) is 0 Å². The maximum Gasteiger partial charge on any atom is 0.471 e. The van der Waals surface area contributed by atoms with Crippen molar-refractivity contribution in [2.24, 2.45) is 0 Å². The SMILES string of the molecule is CCN(CCN(C)C)C(=O)CNCc1cc(C(=O)OC(C)CCNC(=O)C(F)(F)F)ccn1. The van der Waals surface area contributed by atoms with Crippen molar-refractivity contribution in [3.63, 3.8) is 0 Å². The van der Waals surface area contributed by atoms with Crippen LogP contribution in [-0.4, -0.2) is 91.7 Å². The van der Waals surface area contributed by atoms with Crippen LogP contribution in [0, 0.1) is 0 Å². The molecule has 2 N–H and O–H groups in total. The summed E-state index contributed by atoms with van der Waals surface area (Å²) in [4.78, 5) is 43.3. The predicted octanol–water partition coefficient (Wildman–Crippen LogP) is 1.20. The third kappa shape index (κ3) is 11.1. The third-order valence-electron chi connectivity index (χ3n) is 4.59. The first-order valence-corrected chi connectivity index (χ1v) is 10.6. The lowest BCUT2D eigenvalue weighted by Crippen LogP contribution is -2.41. The van der Waals surface area contributed by atoms with Gasteiger partial charge in [0.1, 0.15) is 6.10 Å². The molecule has 0 aliphatic rings. The summed E-state index contributed by atoms with van der Waals surface area (Å²) >= 11 is 0. The molecule has 0 bridgehead atoms. The summed E-state index contributed by atoms with van der Waals surface area (Å²) in [6, 6.07) is 2.97. The fourth-order valence-electron chi connectivity index (χ4n) is 2.69. The molecular weight excluding hydrogens is 443 g/mol. The van der Waals surface area contributed by atoms with Gasteiger partial charge in [-0.1, -0.05) is 0 Å². The lowest BCUT2D eigenvalue weighted by Gasteiger charge is -2.23. The van der Waals surface area contributed by atoms with Gasteiger partial charge in [-0.05, 0) is 40.1 Å². The molecule has 1 atom stereocenters. The van der Waals surface area contributed by atoms with E-state index in [1.807, 2.05) is 25.9 Å². The van der Waals surface area contributed by atoms with E-state index in [0.717, 1.165) is 6.54 Å². The molecular formula is C21H32F3N5O4. The van der Waals surface area contributed by atoms with E-state index in [1.165, 1.54) is 25.3 Å². The summed E-state index contributed by atoms with van der Waals surface area (Å²) in [6.07, 6.45) is -4.20. The Morgan fingerprint density at radius 1 is 1.21 bits per heavy atom. The van der Waals surface area contributed by atoms with Crippen molar-refractivity contribution in [1.29, 1.82) is 0 Å². The quantitative estimate of drug-likeness (QED) is 0.413. The molecule has 9 nitrogen and oxygen atoms in total. The lowest BCUT2D eigenvalue weighted by molar-refractivity contribution is -0.173. The van der Waals surface area contributed by atoms with Gasteiger partial charge in [0.25, 0.3) is 0 Å². The van der Waals surface area contributed by atoms with Gasteiger partial charge in [-0.25, -0.2) is 4.79 Å². The number of carbonyl (C=O) groups is 3. The minimum Gasteiger partial charge on any atom is -0.459 e. The van der Waals surface area contributed by atoms with Gasteiger partial charge in [-0.3, -0.25) is 14.6 Å². The van der Waals surface area contributed by atoms with Gasteiger partial charge in [-0.15, -0.1) is 0 Å². The number of alkyl halides is 3. The smallest absolute Gasteiger partial charge is 0.459 e. The second-order valence-corrected chi connectivity index (χ2v) is 7.67. The second-order valence-electron chi connectivity index (χ2n) is 7.67. The van der Waals surface area contributed by atoms with Crippen molar-refractivity contribution < 1.29 is 32.3 Å². The van der Waals surface area contributed by atoms with Crippen LogP contribution < -0.4 is 10.6 Å². The number of carbonyl (C=O) groups excluding carboxylic acids is 3. The van der Waals surface area contributed by atoms with E-state index in [-0.39, 0.29) is 37.5 Å². The maximum atomic E-state index is 12.3. The van der Waals surface area contributed by atoms with E-state index < -0.39 is 24.2 Å². The Balaban J connectivity index is 2.48. The summed E-state index contributed by atoms with van der Waals surface area (Å²) in [5.41, 5.74) is 0.749. The summed E-state index contributed by atoms with van der Waals surface area (Å²) in [7, 11) is 3.87. The molecule has 0 saturated carbocycles. The molecule has 1 unspecified atom stereocenters. The van der Waals surface area contributed by atoms with Crippen LogP contribution in [0.4, 0.5) is 13.2 Å². The van der Waals surface area contributed by atoms with Crippen molar-refractivity contribution >= 4 is 17.8 Å². The number of pyridine rings is 1. The van der Waals surface area contributed by atoms with Gasteiger partial charge < -0.3 is 25.2 Å². The molecule has 12 heteroatoms. The van der Waals surface area contributed by atoms with Crippen molar-refractivity contribution in [1.82, 2.24) is 25.4 Å². The zero-order valence-electron chi connectivity index (χ0n) is 19.4. The van der Waals surface area contributed by atoms with Gasteiger partial charge in [0.2, 0.25) is 5.91 Å². The molecule has 0 saturated heterocycles. The van der Waals surface area contributed by atoms with Gasteiger partial charge in [0.05, 0.1) is 17.8 Å². The van der Waals surface area contributed by atoms with Crippen LogP contribution in [0.15, 0.2) is 18.3 Å². The molecule has 0 aliphatic carbocycles. The van der Waals surface area contributed by atoms with E-state index in [9.17, 15) is 27.6 Å². The Hall–Kier alpha value is -2.73. The topological polar surface area (TPSA) is 104 Å². The van der Waals surface area contributed by atoms with E-state index >= 15 is 0 Å². The van der Waals surface area contributed by atoms with Crippen LogP contribution in [0.1, 0.15) is 36.3 Å². The number of halogens is 3. The number of hydrogen-bond acceptors (Lipinski definition) is 7. The molecule has 0 radical (unpaired) electrons. The van der Waals surface area contributed by atoms with E-state index in [1.54, 1.807) is 10.2 Å². The zero-order valence-corrected chi connectivity index (χ0v) is 19.4. The van der Waals surface area contributed by atoms with Crippen LogP contribution in [0.25, 0.3) is 0 Å².